The molecule has 0 aliphatic carbocycles. The van der Waals surface area contributed by atoms with Gasteiger partial charge in [-0.2, -0.15) is 4.98 Å². The number of nitrogens with one attached hydrogen (secondary N) is 1. The van der Waals surface area contributed by atoms with E-state index < -0.39 is 11.6 Å². The first-order valence-electron chi connectivity index (χ1n) is 4.98. The van der Waals surface area contributed by atoms with Gasteiger partial charge in [-0.3, -0.25) is 0 Å². The Morgan fingerprint density at radius 2 is 2.00 bits per heavy atom. The molecule has 0 saturated heterocycles. The van der Waals surface area contributed by atoms with Crippen molar-refractivity contribution < 1.29 is 8.78 Å². The molecule has 0 atom stereocenters. The fourth-order valence-corrected chi connectivity index (χ4v) is 1.63. The monoisotopic (exact) mass is 314 g/mol. The van der Waals surface area contributed by atoms with E-state index in [4.69, 9.17) is 5.73 Å². The molecule has 1 aromatic heterocycles. The van der Waals surface area contributed by atoms with Crippen LogP contribution in [0, 0.1) is 18.6 Å². The fraction of sp³-hybridized carbons (Fsp3) is 0.0909. The third-order valence-corrected chi connectivity index (χ3v) is 2.84. The molecule has 0 spiro atoms. The number of benzene rings is 1. The molecular weight excluding hydrogens is 306 g/mol. The van der Waals surface area contributed by atoms with Crippen molar-refractivity contribution in [2.75, 3.05) is 11.1 Å². The Morgan fingerprint density at radius 1 is 1.28 bits per heavy atom. The normalized spacial score (nSPS) is 10.4. The topological polar surface area (TPSA) is 63.8 Å². The van der Waals surface area contributed by atoms with Crippen LogP contribution in [0.2, 0.25) is 0 Å². The summed E-state index contributed by atoms with van der Waals surface area (Å²) < 4.78 is 27.5. The summed E-state index contributed by atoms with van der Waals surface area (Å²) >= 11 is 3.19. The number of nitrogens with zero attached hydrogens (tertiary/aromatic N) is 2. The standard InChI is InChI=1S/C11H9BrF2N4/c1-5-2-8(14)9(3-7(5)13)17-10-6(12)4-16-11(15)18-10/h2-4H,1H3,(H3,15,16,17,18). The van der Waals surface area contributed by atoms with Crippen molar-refractivity contribution in [3.63, 3.8) is 0 Å². The highest BCUT2D eigenvalue weighted by molar-refractivity contribution is 9.10. The minimum atomic E-state index is -0.571. The molecule has 3 N–H and O–H groups in total. The van der Waals surface area contributed by atoms with Gasteiger partial charge in [0.15, 0.2) is 0 Å². The number of nitrogen functional groups attached to an aromatic ring is 1. The van der Waals surface area contributed by atoms with Crippen molar-refractivity contribution in [3.05, 3.63) is 40.0 Å². The summed E-state index contributed by atoms with van der Waals surface area (Å²) in [5, 5.41) is 2.66. The molecule has 7 heteroatoms. The van der Waals surface area contributed by atoms with E-state index in [0.717, 1.165) is 12.1 Å². The van der Waals surface area contributed by atoms with E-state index in [1.807, 2.05) is 0 Å². The third-order valence-electron chi connectivity index (χ3n) is 2.26. The summed E-state index contributed by atoms with van der Waals surface area (Å²) in [6.45, 7) is 1.49. The van der Waals surface area contributed by atoms with Gasteiger partial charge in [-0.25, -0.2) is 13.8 Å². The van der Waals surface area contributed by atoms with E-state index in [-0.39, 0.29) is 23.0 Å². The summed E-state index contributed by atoms with van der Waals surface area (Å²) in [4.78, 5) is 7.63. The third kappa shape index (κ3) is 2.56. The van der Waals surface area contributed by atoms with Crippen molar-refractivity contribution in [2.24, 2.45) is 0 Å². The summed E-state index contributed by atoms with van der Waals surface area (Å²) in [5.74, 6) is -0.770. The molecular formula is C11H9BrF2N4. The van der Waals surface area contributed by atoms with Gasteiger partial charge in [-0.05, 0) is 34.5 Å². The zero-order chi connectivity index (χ0) is 13.3. The lowest BCUT2D eigenvalue weighted by Crippen LogP contribution is -2.02. The minimum absolute atomic E-state index is 0.0168. The summed E-state index contributed by atoms with van der Waals surface area (Å²) in [7, 11) is 0. The Bertz CT molecular complexity index is 604. The molecule has 0 aliphatic heterocycles. The molecule has 0 fully saturated rings. The number of halogens is 3. The van der Waals surface area contributed by atoms with Crippen LogP contribution in [0.1, 0.15) is 5.56 Å². The van der Waals surface area contributed by atoms with Crippen molar-refractivity contribution in [1.29, 1.82) is 0 Å². The Balaban J connectivity index is 2.40. The second-order valence-corrected chi connectivity index (χ2v) is 4.49. The van der Waals surface area contributed by atoms with Crippen LogP contribution in [0.25, 0.3) is 0 Å². The molecule has 2 aromatic rings. The lowest BCUT2D eigenvalue weighted by molar-refractivity contribution is 0.595. The molecule has 4 nitrogen and oxygen atoms in total. The molecule has 0 radical (unpaired) electrons. The van der Waals surface area contributed by atoms with Gasteiger partial charge < -0.3 is 11.1 Å². The fourth-order valence-electron chi connectivity index (χ4n) is 1.34. The molecule has 0 aliphatic rings. The van der Waals surface area contributed by atoms with E-state index in [1.54, 1.807) is 0 Å². The molecule has 18 heavy (non-hydrogen) atoms. The van der Waals surface area contributed by atoms with Crippen LogP contribution in [0.5, 0.6) is 0 Å². The maximum atomic E-state index is 13.6. The first kappa shape index (κ1) is 12.7. The Hall–Kier alpha value is -1.76. The lowest BCUT2D eigenvalue weighted by Gasteiger charge is -2.09. The van der Waals surface area contributed by atoms with Gasteiger partial charge in [-0.1, -0.05) is 0 Å². The van der Waals surface area contributed by atoms with Gasteiger partial charge in [0.1, 0.15) is 17.5 Å². The molecule has 0 unspecified atom stereocenters. The quantitative estimate of drug-likeness (QED) is 0.893. The highest BCUT2D eigenvalue weighted by Gasteiger charge is 2.10. The average Bonchev–Trinajstić information content (AvgIpc) is 2.30. The predicted octanol–water partition coefficient (Wildman–Crippen LogP) is 3.15. The van der Waals surface area contributed by atoms with Crippen molar-refractivity contribution >= 4 is 33.4 Å². The molecule has 0 bridgehead atoms. The summed E-state index contributed by atoms with van der Waals surface area (Å²) in [5.41, 5.74) is 5.64. The predicted molar refractivity (Wildman–Crippen MR) is 68.5 cm³/mol. The van der Waals surface area contributed by atoms with E-state index >= 15 is 0 Å². The van der Waals surface area contributed by atoms with Gasteiger partial charge >= 0.3 is 0 Å². The van der Waals surface area contributed by atoms with Crippen LogP contribution >= 0.6 is 15.9 Å². The van der Waals surface area contributed by atoms with E-state index in [0.29, 0.717) is 4.47 Å². The average molecular weight is 315 g/mol. The SMILES string of the molecule is Cc1cc(F)c(Nc2nc(N)ncc2Br)cc1F. The van der Waals surface area contributed by atoms with Gasteiger partial charge in [-0.15, -0.1) is 0 Å². The van der Waals surface area contributed by atoms with Gasteiger partial charge in [0, 0.05) is 12.3 Å². The molecule has 0 saturated carbocycles. The number of anilines is 3. The number of aryl methyl sites for hydroxylation is 1. The molecule has 1 aromatic carbocycles. The smallest absolute Gasteiger partial charge is 0.222 e. The van der Waals surface area contributed by atoms with Crippen LogP contribution < -0.4 is 11.1 Å². The lowest BCUT2D eigenvalue weighted by atomic mass is 10.2. The molecule has 2 rings (SSSR count). The second kappa shape index (κ2) is 4.85. The maximum absolute atomic E-state index is 13.6. The Morgan fingerprint density at radius 3 is 2.72 bits per heavy atom. The van der Waals surface area contributed by atoms with Crippen molar-refractivity contribution in [3.8, 4) is 0 Å². The van der Waals surface area contributed by atoms with Gasteiger partial charge in [0.05, 0.1) is 10.2 Å². The van der Waals surface area contributed by atoms with Crippen LogP contribution in [-0.4, -0.2) is 9.97 Å². The van der Waals surface area contributed by atoms with Crippen LogP contribution in [0.15, 0.2) is 22.8 Å². The number of rotatable bonds is 2. The summed E-state index contributed by atoms with van der Waals surface area (Å²) in [6, 6.07) is 2.17. The van der Waals surface area contributed by atoms with Gasteiger partial charge in [0.25, 0.3) is 0 Å². The van der Waals surface area contributed by atoms with E-state index in [2.05, 4.69) is 31.2 Å². The Kier molecular flexibility index (Phi) is 3.42. The first-order valence-corrected chi connectivity index (χ1v) is 5.77. The zero-order valence-corrected chi connectivity index (χ0v) is 10.9. The largest absolute Gasteiger partial charge is 0.368 e. The zero-order valence-electron chi connectivity index (χ0n) is 9.34. The van der Waals surface area contributed by atoms with Crippen LogP contribution in [0.4, 0.5) is 26.2 Å². The number of hydrogen-bond donors (Lipinski definition) is 2. The number of hydrogen-bond acceptors (Lipinski definition) is 4. The minimum Gasteiger partial charge on any atom is -0.368 e. The van der Waals surface area contributed by atoms with Crippen LogP contribution in [-0.2, 0) is 0 Å². The van der Waals surface area contributed by atoms with Crippen LogP contribution in [0.3, 0.4) is 0 Å². The van der Waals surface area contributed by atoms with Gasteiger partial charge in [0.2, 0.25) is 5.95 Å². The molecule has 0 amide bonds. The van der Waals surface area contributed by atoms with Crippen molar-refractivity contribution in [2.45, 2.75) is 6.92 Å². The highest BCUT2D eigenvalue weighted by atomic mass is 79.9. The maximum Gasteiger partial charge on any atom is 0.222 e. The van der Waals surface area contributed by atoms with E-state index in [1.165, 1.54) is 13.1 Å². The summed E-state index contributed by atoms with van der Waals surface area (Å²) in [6.07, 6.45) is 1.42. The van der Waals surface area contributed by atoms with E-state index in [9.17, 15) is 8.78 Å². The molecule has 94 valence electrons. The number of aromatic nitrogens is 2. The van der Waals surface area contributed by atoms with Crippen molar-refractivity contribution in [1.82, 2.24) is 9.97 Å². The second-order valence-electron chi connectivity index (χ2n) is 3.63. The highest BCUT2D eigenvalue weighted by Crippen LogP contribution is 2.26. The number of nitrogens with two attached hydrogens (primary N) is 1. The molecule has 1 heterocycles. The first-order chi connectivity index (χ1) is 8.47. The Labute approximate surface area is 110 Å².